The molecule has 96 valence electrons. The van der Waals surface area contributed by atoms with Gasteiger partial charge < -0.3 is 14.8 Å². The fourth-order valence-electron chi connectivity index (χ4n) is 1.59. The molecule has 1 rings (SSSR count). The number of nitrogens with one attached hydrogen (secondary N) is 1. The molecule has 1 heterocycles. The Hall–Kier alpha value is -0.880. The van der Waals surface area contributed by atoms with Gasteiger partial charge in [-0.05, 0) is 10.9 Å². The van der Waals surface area contributed by atoms with Crippen LogP contribution in [-0.2, 0) is 19.1 Å². The Balaban J connectivity index is 2.55. The van der Waals surface area contributed by atoms with Gasteiger partial charge in [-0.2, -0.15) is 0 Å². The predicted molar refractivity (Wildman–Crippen MR) is 65.6 cm³/mol. The van der Waals surface area contributed by atoms with E-state index in [1.165, 1.54) is 7.11 Å². The van der Waals surface area contributed by atoms with Crippen LogP contribution >= 0.6 is 15.9 Å². The van der Waals surface area contributed by atoms with E-state index in [0.29, 0.717) is 30.5 Å². The summed E-state index contributed by atoms with van der Waals surface area (Å²) in [6, 6.07) is -0.694. The van der Waals surface area contributed by atoms with Crippen LogP contribution in [0.2, 0.25) is 0 Å². The minimum Gasteiger partial charge on any atom is -0.467 e. The van der Waals surface area contributed by atoms with Crippen LogP contribution in [0.15, 0.2) is 11.1 Å². The van der Waals surface area contributed by atoms with Crippen molar-refractivity contribution >= 4 is 27.8 Å². The van der Waals surface area contributed by atoms with Crippen molar-refractivity contribution in [2.75, 3.05) is 20.3 Å². The Kier molecular flexibility index (Phi) is 5.64. The number of esters is 1. The molecule has 0 unspecified atom stereocenters. The van der Waals surface area contributed by atoms with Gasteiger partial charge in [0, 0.05) is 13.0 Å². The molecule has 0 bridgehead atoms. The number of methoxy groups -OCH3 is 1. The summed E-state index contributed by atoms with van der Waals surface area (Å²) in [5, 5.41) is 2.66. The zero-order valence-corrected chi connectivity index (χ0v) is 11.3. The normalized spacial score (nSPS) is 20.7. The summed E-state index contributed by atoms with van der Waals surface area (Å²) in [6.45, 7) is 4.65. The maximum Gasteiger partial charge on any atom is 0.328 e. The molecule has 1 saturated heterocycles. The second-order valence-electron chi connectivity index (χ2n) is 3.87. The van der Waals surface area contributed by atoms with E-state index < -0.39 is 12.0 Å². The second kappa shape index (κ2) is 6.76. The summed E-state index contributed by atoms with van der Waals surface area (Å²) >= 11 is 3.17. The van der Waals surface area contributed by atoms with Crippen molar-refractivity contribution in [2.45, 2.75) is 18.9 Å². The summed E-state index contributed by atoms with van der Waals surface area (Å²) in [5.74, 6) is -0.824. The molecule has 0 saturated carbocycles. The van der Waals surface area contributed by atoms with Crippen LogP contribution in [0, 0.1) is 5.92 Å². The van der Waals surface area contributed by atoms with E-state index in [1.807, 2.05) is 0 Å². The van der Waals surface area contributed by atoms with Gasteiger partial charge in [-0.15, -0.1) is 0 Å². The van der Waals surface area contributed by atoms with E-state index in [9.17, 15) is 9.59 Å². The number of carbonyl (C=O) groups is 2. The molecular weight excluding hydrogens is 290 g/mol. The van der Waals surface area contributed by atoms with Crippen LogP contribution in [-0.4, -0.2) is 38.2 Å². The molecule has 1 aliphatic heterocycles. The Morgan fingerprint density at radius 2 is 2.35 bits per heavy atom. The van der Waals surface area contributed by atoms with Crippen LogP contribution in [0.25, 0.3) is 0 Å². The number of hydrogen-bond acceptors (Lipinski definition) is 4. The third-order valence-corrected chi connectivity index (χ3v) is 2.85. The first-order valence-electron chi connectivity index (χ1n) is 5.33. The molecule has 0 spiro atoms. The van der Waals surface area contributed by atoms with Gasteiger partial charge in [0.05, 0.1) is 19.6 Å². The van der Waals surface area contributed by atoms with Gasteiger partial charge in [0.1, 0.15) is 6.04 Å². The number of ether oxygens (including phenoxy) is 2. The molecule has 0 aromatic rings. The quantitative estimate of drug-likeness (QED) is 0.769. The van der Waals surface area contributed by atoms with E-state index in [4.69, 9.17) is 4.74 Å². The highest BCUT2D eigenvalue weighted by Gasteiger charge is 2.28. The van der Waals surface area contributed by atoms with Crippen LogP contribution in [0.3, 0.4) is 0 Å². The van der Waals surface area contributed by atoms with Crippen molar-refractivity contribution in [1.29, 1.82) is 0 Å². The molecule has 1 aliphatic rings. The number of carbonyl (C=O) groups excluding carboxylic acids is 2. The summed E-state index contributed by atoms with van der Waals surface area (Å²) in [5.41, 5.74) is 0. The second-order valence-corrected chi connectivity index (χ2v) is 4.99. The summed E-state index contributed by atoms with van der Waals surface area (Å²) < 4.78 is 10.4. The highest BCUT2D eigenvalue weighted by molar-refractivity contribution is 9.11. The monoisotopic (exact) mass is 305 g/mol. The highest BCUT2D eigenvalue weighted by Crippen LogP contribution is 2.15. The maximum absolute atomic E-state index is 11.8. The molecule has 17 heavy (non-hydrogen) atoms. The van der Waals surface area contributed by atoms with Gasteiger partial charge >= 0.3 is 5.97 Å². The van der Waals surface area contributed by atoms with Gasteiger partial charge in [0.25, 0.3) is 0 Å². The first-order valence-corrected chi connectivity index (χ1v) is 6.13. The molecule has 1 fully saturated rings. The van der Waals surface area contributed by atoms with Crippen molar-refractivity contribution in [3.05, 3.63) is 11.1 Å². The lowest BCUT2D eigenvalue weighted by Crippen LogP contribution is -2.44. The summed E-state index contributed by atoms with van der Waals surface area (Å²) in [6.07, 6.45) is 1.00. The molecule has 0 aliphatic carbocycles. The Labute approximate surface area is 109 Å². The van der Waals surface area contributed by atoms with Crippen molar-refractivity contribution < 1.29 is 19.1 Å². The number of amides is 1. The zero-order chi connectivity index (χ0) is 12.8. The first kappa shape index (κ1) is 14.2. The Morgan fingerprint density at radius 1 is 1.65 bits per heavy atom. The fraction of sp³-hybridized carbons (Fsp3) is 0.636. The third kappa shape index (κ3) is 4.47. The molecule has 2 atom stereocenters. The van der Waals surface area contributed by atoms with Gasteiger partial charge in [-0.1, -0.05) is 22.5 Å². The lowest BCUT2D eigenvalue weighted by atomic mass is 10.1. The van der Waals surface area contributed by atoms with Gasteiger partial charge in [0.2, 0.25) is 5.91 Å². The minimum absolute atomic E-state index is 0.174. The average molecular weight is 306 g/mol. The van der Waals surface area contributed by atoms with E-state index in [2.05, 4.69) is 32.6 Å². The molecule has 1 amide bonds. The molecule has 6 heteroatoms. The van der Waals surface area contributed by atoms with Crippen LogP contribution in [0.5, 0.6) is 0 Å². The smallest absolute Gasteiger partial charge is 0.328 e. The minimum atomic E-state index is -0.694. The lowest BCUT2D eigenvalue weighted by molar-refractivity contribution is -0.145. The maximum atomic E-state index is 11.8. The van der Waals surface area contributed by atoms with E-state index >= 15 is 0 Å². The SMILES string of the molecule is C=C(Br)C[C@H](NC(=O)[C@H]1CCOC1)C(=O)OC. The third-order valence-electron chi connectivity index (χ3n) is 2.53. The topological polar surface area (TPSA) is 64.6 Å². The first-order chi connectivity index (χ1) is 8.04. The van der Waals surface area contributed by atoms with Crippen LogP contribution in [0.1, 0.15) is 12.8 Å². The Bertz CT molecular complexity index is 313. The van der Waals surface area contributed by atoms with Gasteiger partial charge in [0.15, 0.2) is 0 Å². The Morgan fingerprint density at radius 3 is 2.82 bits per heavy atom. The predicted octanol–water partition coefficient (Wildman–Crippen LogP) is 0.979. The zero-order valence-electron chi connectivity index (χ0n) is 9.70. The molecule has 0 aromatic carbocycles. The number of halogens is 1. The molecular formula is C11H16BrNO4. The van der Waals surface area contributed by atoms with Crippen molar-refractivity contribution in [2.24, 2.45) is 5.92 Å². The number of hydrogen-bond donors (Lipinski definition) is 1. The highest BCUT2D eigenvalue weighted by atomic mass is 79.9. The fourth-order valence-corrected chi connectivity index (χ4v) is 1.91. The van der Waals surface area contributed by atoms with Crippen molar-refractivity contribution in [3.63, 3.8) is 0 Å². The molecule has 0 radical (unpaired) electrons. The average Bonchev–Trinajstić information content (AvgIpc) is 2.79. The lowest BCUT2D eigenvalue weighted by Gasteiger charge is -2.17. The largest absolute Gasteiger partial charge is 0.467 e. The standard InChI is InChI=1S/C11H16BrNO4/c1-7(12)5-9(11(15)16-2)13-10(14)8-3-4-17-6-8/h8-9H,1,3-6H2,2H3,(H,13,14)/t8-,9-/m0/s1. The molecule has 1 N–H and O–H groups in total. The molecule has 0 aromatic heterocycles. The van der Waals surface area contributed by atoms with Crippen LogP contribution in [0.4, 0.5) is 0 Å². The number of rotatable bonds is 5. The van der Waals surface area contributed by atoms with Gasteiger partial charge in [-0.3, -0.25) is 4.79 Å². The van der Waals surface area contributed by atoms with E-state index in [-0.39, 0.29) is 11.8 Å². The van der Waals surface area contributed by atoms with Gasteiger partial charge in [-0.25, -0.2) is 4.79 Å². The molecule has 5 nitrogen and oxygen atoms in total. The summed E-state index contributed by atoms with van der Waals surface area (Å²) in [7, 11) is 1.29. The van der Waals surface area contributed by atoms with Crippen molar-refractivity contribution in [1.82, 2.24) is 5.32 Å². The van der Waals surface area contributed by atoms with E-state index in [1.54, 1.807) is 0 Å². The van der Waals surface area contributed by atoms with Crippen LogP contribution < -0.4 is 5.32 Å². The van der Waals surface area contributed by atoms with E-state index in [0.717, 1.165) is 0 Å². The van der Waals surface area contributed by atoms with Crippen molar-refractivity contribution in [3.8, 4) is 0 Å². The summed E-state index contributed by atoms with van der Waals surface area (Å²) in [4.78, 5) is 23.3.